The maximum Gasteiger partial charge on any atom is 0.194 e. The first kappa shape index (κ1) is 24.9. The van der Waals surface area contributed by atoms with E-state index in [-0.39, 0.29) is 5.56 Å². The normalized spacial score (nSPS) is 24.2. The number of hydrogen-bond donors (Lipinski definition) is 0. The molecule has 0 aliphatic heterocycles. The summed E-state index contributed by atoms with van der Waals surface area (Å²) in [6.45, 7) is 2.28. The van der Waals surface area contributed by atoms with E-state index in [0.29, 0.717) is 5.92 Å². The topological polar surface area (TPSA) is 0 Å². The number of unbranched alkanes of at least 4 members (excludes halogenated alkanes) is 4. The molecule has 2 aromatic carbocycles. The quantitative estimate of drug-likeness (QED) is 0.217. The highest BCUT2D eigenvalue weighted by Crippen LogP contribution is 2.48. The van der Waals surface area contributed by atoms with Crippen molar-refractivity contribution in [3.8, 4) is 11.8 Å². The average molecular weight is 467 g/mol. The summed E-state index contributed by atoms with van der Waals surface area (Å²) < 4.78 is 39.9. The van der Waals surface area contributed by atoms with E-state index in [1.54, 1.807) is 0 Å². The minimum absolute atomic E-state index is 0.135. The standard InChI is InChI=1S/C31H37F3/c1-2-3-4-5-6-7-23-12-15-28-21-27(17-16-26(28)18-23)25-13-10-22(11-14-25)8-9-24-19-29(32)31(34)30(33)20-24/h10-11,13-14,19-20,23,26-28H,2-7,12,15-18,21H2,1H3/t23?,26-,27-,28-/m1/s1. The minimum Gasteiger partial charge on any atom is -0.204 e. The summed E-state index contributed by atoms with van der Waals surface area (Å²) in [6.07, 6.45) is 16.6. The fraction of sp³-hybridized carbons (Fsp3) is 0.548. The van der Waals surface area contributed by atoms with Crippen molar-refractivity contribution < 1.29 is 13.2 Å². The fourth-order valence-corrected chi connectivity index (χ4v) is 6.20. The second kappa shape index (κ2) is 12.0. The van der Waals surface area contributed by atoms with E-state index in [1.165, 1.54) is 82.6 Å². The molecule has 2 aromatic rings. The Morgan fingerprint density at radius 3 is 2.12 bits per heavy atom. The van der Waals surface area contributed by atoms with E-state index in [0.717, 1.165) is 35.4 Å². The molecule has 0 amide bonds. The largest absolute Gasteiger partial charge is 0.204 e. The fourth-order valence-electron chi connectivity index (χ4n) is 6.20. The van der Waals surface area contributed by atoms with Gasteiger partial charge >= 0.3 is 0 Å². The number of fused-ring (bicyclic) bond motifs is 1. The Balaban J connectivity index is 1.28. The van der Waals surface area contributed by atoms with Gasteiger partial charge in [-0.15, -0.1) is 0 Å². The van der Waals surface area contributed by atoms with Gasteiger partial charge < -0.3 is 0 Å². The summed E-state index contributed by atoms with van der Waals surface area (Å²) in [5, 5.41) is 0. The molecule has 0 bridgehead atoms. The molecule has 182 valence electrons. The summed E-state index contributed by atoms with van der Waals surface area (Å²) in [5.74, 6) is 5.17. The molecule has 2 aliphatic carbocycles. The average Bonchev–Trinajstić information content (AvgIpc) is 2.86. The van der Waals surface area contributed by atoms with Gasteiger partial charge in [0.15, 0.2) is 17.5 Å². The number of hydrogen-bond acceptors (Lipinski definition) is 0. The van der Waals surface area contributed by atoms with Gasteiger partial charge in [-0.05, 0) is 85.6 Å². The molecule has 0 aromatic heterocycles. The molecule has 2 fully saturated rings. The Morgan fingerprint density at radius 1 is 0.735 bits per heavy atom. The van der Waals surface area contributed by atoms with E-state index < -0.39 is 17.5 Å². The Morgan fingerprint density at radius 2 is 1.38 bits per heavy atom. The lowest BCUT2D eigenvalue weighted by Crippen LogP contribution is -2.30. The lowest BCUT2D eigenvalue weighted by atomic mass is 9.63. The summed E-state index contributed by atoms with van der Waals surface area (Å²) in [6, 6.07) is 10.1. The van der Waals surface area contributed by atoms with E-state index in [4.69, 9.17) is 0 Å². The summed E-state index contributed by atoms with van der Waals surface area (Å²) in [5.41, 5.74) is 2.30. The van der Waals surface area contributed by atoms with Gasteiger partial charge in [-0.1, -0.05) is 75.8 Å². The lowest BCUT2D eigenvalue weighted by molar-refractivity contribution is 0.113. The number of benzene rings is 2. The molecule has 0 saturated heterocycles. The zero-order chi connectivity index (χ0) is 23.9. The number of halogens is 3. The molecule has 2 saturated carbocycles. The monoisotopic (exact) mass is 466 g/mol. The molecular weight excluding hydrogens is 429 g/mol. The summed E-state index contributed by atoms with van der Waals surface area (Å²) in [4.78, 5) is 0. The molecule has 3 heteroatoms. The molecule has 2 aliphatic rings. The van der Waals surface area contributed by atoms with Crippen molar-refractivity contribution >= 4 is 0 Å². The third-order valence-corrected chi connectivity index (χ3v) is 8.15. The molecule has 4 atom stereocenters. The Bertz CT molecular complexity index is 975. The first-order valence-electron chi connectivity index (χ1n) is 13.3. The van der Waals surface area contributed by atoms with Crippen LogP contribution in [0.5, 0.6) is 0 Å². The van der Waals surface area contributed by atoms with Gasteiger partial charge in [0, 0.05) is 11.1 Å². The highest BCUT2D eigenvalue weighted by molar-refractivity contribution is 5.44. The molecule has 34 heavy (non-hydrogen) atoms. The van der Waals surface area contributed by atoms with Crippen LogP contribution in [0, 0.1) is 47.0 Å². The smallest absolute Gasteiger partial charge is 0.194 e. The van der Waals surface area contributed by atoms with Gasteiger partial charge in [-0.25, -0.2) is 13.2 Å². The predicted octanol–water partition coefficient (Wildman–Crippen LogP) is 9.16. The molecule has 0 radical (unpaired) electrons. The van der Waals surface area contributed by atoms with Crippen molar-refractivity contribution in [2.45, 2.75) is 89.9 Å². The van der Waals surface area contributed by atoms with E-state index in [2.05, 4.69) is 30.9 Å². The van der Waals surface area contributed by atoms with Gasteiger partial charge in [0.25, 0.3) is 0 Å². The third-order valence-electron chi connectivity index (χ3n) is 8.15. The molecular formula is C31H37F3. The van der Waals surface area contributed by atoms with Crippen LogP contribution in [0.3, 0.4) is 0 Å². The van der Waals surface area contributed by atoms with Crippen molar-refractivity contribution in [1.82, 2.24) is 0 Å². The predicted molar refractivity (Wildman–Crippen MR) is 133 cm³/mol. The van der Waals surface area contributed by atoms with Gasteiger partial charge in [-0.3, -0.25) is 0 Å². The van der Waals surface area contributed by atoms with Crippen LogP contribution in [0.1, 0.15) is 107 Å². The van der Waals surface area contributed by atoms with Crippen LogP contribution in [0.2, 0.25) is 0 Å². The van der Waals surface area contributed by atoms with E-state index >= 15 is 0 Å². The van der Waals surface area contributed by atoms with E-state index in [1.807, 2.05) is 12.1 Å². The van der Waals surface area contributed by atoms with Crippen LogP contribution >= 0.6 is 0 Å². The zero-order valence-corrected chi connectivity index (χ0v) is 20.4. The van der Waals surface area contributed by atoms with Crippen LogP contribution in [0.4, 0.5) is 13.2 Å². The highest BCUT2D eigenvalue weighted by Gasteiger charge is 2.35. The first-order chi connectivity index (χ1) is 16.5. The molecule has 0 nitrogen and oxygen atoms in total. The molecule has 0 spiro atoms. The first-order valence-corrected chi connectivity index (χ1v) is 13.3. The van der Waals surface area contributed by atoms with Crippen LogP contribution in [-0.2, 0) is 0 Å². The Hall–Kier alpha value is -2.21. The summed E-state index contributed by atoms with van der Waals surface area (Å²) >= 11 is 0. The van der Waals surface area contributed by atoms with Crippen molar-refractivity contribution in [3.05, 3.63) is 70.5 Å². The van der Waals surface area contributed by atoms with Crippen molar-refractivity contribution in [2.24, 2.45) is 17.8 Å². The van der Waals surface area contributed by atoms with Gasteiger partial charge in [0.2, 0.25) is 0 Å². The van der Waals surface area contributed by atoms with Crippen LogP contribution < -0.4 is 0 Å². The van der Waals surface area contributed by atoms with Gasteiger partial charge in [0.1, 0.15) is 0 Å². The second-order valence-electron chi connectivity index (χ2n) is 10.5. The lowest BCUT2D eigenvalue weighted by Gasteiger charge is -2.42. The van der Waals surface area contributed by atoms with Gasteiger partial charge in [-0.2, -0.15) is 0 Å². The minimum atomic E-state index is -1.46. The second-order valence-corrected chi connectivity index (χ2v) is 10.5. The maximum atomic E-state index is 13.4. The highest BCUT2D eigenvalue weighted by atomic mass is 19.2. The SMILES string of the molecule is CCCCCCCC1CC[C@@H]2C[C@H](c3ccc(C#Cc4cc(F)c(F)c(F)c4)cc3)CC[C@@H]2C1. The maximum absolute atomic E-state index is 13.4. The Kier molecular flexibility index (Phi) is 8.76. The van der Waals surface area contributed by atoms with Crippen molar-refractivity contribution in [1.29, 1.82) is 0 Å². The van der Waals surface area contributed by atoms with Crippen molar-refractivity contribution in [3.63, 3.8) is 0 Å². The van der Waals surface area contributed by atoms with Crippen LogP contribution in [-0.4, -0.2) is 0 Å². The molecule has 0 N–H and O–H groups in total. The van der Waals surface area contributed by atoms with Crippen LogP contribution in [0.25, 0.3) is 0 Å². The Labute approximate surface area is 203 Å². The number of rotatable bonds is 7. The summed E-state index contributed by atoms with van der Waals surface area (Å²) in [7, 11) is 0. The van der Waals surface area contributed by atoms with Gasteiger partial charge in [0.05, 0.1) is 0 Å². The van der Waals surface area contributed by atoms with Crippen molar-refractivity contribution in [2.75, 3.05) is 0 Å². The zero-order valence-electron chi connectivity index (χ0n) is 20.4. The molecule has 4 rings (SSSR count). The van der Waals surface area contributed by atoms with Crippen LogP contribution in [0.15, 0.2) is 36.4 Å². The third kappa shape index (κ3) is 6.47. The molecule has 1 unspecified atom stereocenters. The molecule has 0 heterocycles. The van der Waals surface area contributed by atoms with E-state index in [9.17, 15) is 13.2 Å².